The van der Waals surface area contributed by atoms with Gasteiger partial charge in [-0.2, -0.15) is 0 Å². The molecular formula is C15H16BrNO2. The molecule has 0 atom stereocenters. The second-order valence-corrected chi connectivity index (χ2v) is 4.99. The summed E-state index contributed by atoms with van der Waals surface area (Å²) in [4.78, 5) is 4.34. The number of aryl methyl sites for hydroxylation is 1. The summed E-state index contributed by atoms with van der Waals surface area (Å²) in [5.74, 6) is 2.19. The fourth-order valence-corrected chi connectivity index (χ4v) is 1.74. The number of rotatable bonds is 5. The Labute approximate surface area is 121 Å². The molecule has 0 aliphatic carbocycles. The standard InChI is InChI=1S/C15H16BrNO2/c1-3-10-18-12-4-6-13(7-5-12)19-15-9-8-14(16)11(2)17-15/h4-9H,3,10H2,1-2H3. The number of halogens is 1. The number of benzene rings is 1. The fourth-order valence-electron chi connectivity index (χ4n) is 1.52. The number of nitrogens with zero attached hydrogens (tertiary/aromatic N) is 1. The molecule has 0 N–H and O–H groups in total. The molecule has 0 bridgehead atoms. The monoisotopic (exact) mass is 321 g/mol. The lowest BCUT2D eigenvalue weighted by atomic mass is 10.3. The fraction of sp³-hybridized carbons (Fsp3) is 0.267. The zero-order valence-electron chi connectivity index (χ0n) is 11.0. The van der Waals surface area contributed by atoms with Crippen molar-refractivity contribution < 1.29 is 9.47 Å². The summed E-state index contributed by atoms with van der Waals surface area (Å²) in [6.45, 7) is 4.74. The Kier molecular flexibility index (Phi) is 4.80. The Hall–Kier alpha value is -1.55. The second-order valence-electron chi connectivity index (χ2n) is 4.14. The van der Waals surface area contributed by atoms with Crippen molar-refractivity contribution in [3.8, 4) is 17.4 Å². The van der Waals surface area contributed by atoms with Gasteiger partial charge >= 0.3 is 0 Å². The van der Waals surface area contributed by atoms with E-state index in [-0.39, 0.29) is 0 Å². The smallest absolute Gasteiger partial charge is 0.219 e. The van der Waals surface area contributed by atoms with E-state index in [9.17, 15) is 0 Å². The molecule has 0 saturated heterocycles. The van der Waals surface area contributed by atoms with Crippen molar-refractivity contribution in [2.75, 3.05) is 6.61 Å². The van der Waals surface area contributed by atoms with E-state index in [0.717, 1.165) is 34.7 Å². The van der Waals surface area contributed by atoms with Crippen LogP contribution in [0.25, 0.3) is 0 Å². The number of hydrogen-bond acceptors (Lipinski definition) is 3. The van der Waals surface area contributed by atoms with E-state index in [4.69, 9.17) is 9.47 Å². The van der Waals surface area contributed by atoms with Crippen molar-refractivity contribution in [2.24, 2.45) is 0 Å². The minimum Gasteiger partial charge on any atom is -0.494 e. The number of aromatic nitrogens is 1. The highest BCUT2D eigenvalue weighted by atomic mass is 79.9. The maximum atomic E-state index is 5.69. The third-order valence-electron chi connectivity index (χ3n) is 2.51. The Morgan fingerprint density at radius 3 is 2.37 bits per heavy atom. The third-order valence-corrected chi connectivity index (χ3v) is 3.35. The van der Waals surface area contributed by atoms with Gasteiger partial charge in [-0.3, -0.25) is 0 Å². The molecule has 0 radical (unpaired) electrons. The third kappa shape index (κ3) is 3.96. The Morgan fingerprint density at radius 2 is 1.74 bits per heavy atom. The predicted molar refractivity (Wildman–Crippen MR) is 79.0 cm³/mol. The van der Waals surface area contributed by atoms with E-state index in [2.05, 4.69) is 27.8 Å². The van der Waals surface area contributed by atoms with Gasteiger partial charge in [-0.25, -0.2) is 4.98 Å². The molecule has 1 aromatic heterocycles. The Morgan fingerprint density at radius 1 is 1.05 bits per heavy atom. The minimum absolute atomic E-state index is 0.586. The van der Waals surface area contributed by atoms with E-state index >= 15 is 0 Å². The molecular weight excluding hydrogens is 306 g/mol. The predicted octanol–water partition coefficient (Wildman–Crippen LogP) is 4.73. The summed E-state index contributed by atoms with van der Waals surface area (Å²) in [6.07, 6.45) is 1.00. The van der Waals surface area contributed by atoms with Crippen LogP contribution in [0, 0.1) is 6.92 Å². The lowest BCUT2D eigenvalue weighted by Gasteiger charge is -2.08. The number of hydrogen-bond donors (Lipinski definition) is 0. The van der Waals surface area contributed by atoms with Crippen LogP contribution in [0.5, 0.6) is 17.4 Å². The lowest BCUT2D eigenvalue weighted by Crippen LogP contribution is -1.95. The molecule has 1 aromatic carbocycles. The summed E-state index contributed by atoms with van der Waals surface area (Å²) in [6, 6.07) is 11.3. The van der Waals surface area contributed by atoms with Gasteiger partial charge in [0.05, 0.1) is 12.3 Å². The molecule has 4 heteroatoms. The van der Waals surface area contributed by atoms with Gasteiger partial charge in [-0.05, 0) is 59.6 Å². The summed E-state index contributed by atoms with van der Waals surface area (Å²) in [5.41, 5.74) is 0.903. The molecule has 0 aliphatic heterocycles. The molecule has 3 nitrogen and oxygen atoms in total. The summed E-state index contributed by atoms with van der Waals surface area (Å²) in [7, 11) is 0. The van der Waals surface area contributed by atoms with Gasteiger partial charge in [0.2, 0.25) is 5.88 Å². The van der Waals surface area contributed by atoms with Crippen molar-refractivity contribution in [3.05, 3.63) is 46.6 Å². The van der Waals surface area contributed by atoms with Crippen molar-refractivity contribution in [2.45, 2.75) is 20.3 Å². The van der Waals surface area contributed by atoms with Gasteiger partial charge in [0, 0.05) is 10.5 Å². The van der Waals surface area contributed by atoms with Gasteiger partial charge in [-0.1, -0.05) is 6.92 Å². The quantitative estimate of drug-likeness (QED) is 0.797. The maximum Gasteiger partial charge on any atom is 0.219 e. The summed E-state index contributed by atoms with van der Waals surface area (Å²) in [5, 5.41) is 0. The zero-order chi connectivity index (χ0) is 13.7. The van der Waals surface area contributed by atoms with Crippen LogP contribution >= 0.6 is 15.9 Å². The van der Waals surface area contributed by atoms with E-state index in [1.165, 1.54) is 0 Å². The van der Waals surface area contributed by atoms with Gasteiger partial charge in [0.25, 0.3) is 0 Å². The zero-order valence-corrected chi connectivity index (χ0v) is 12.6. The average Bonchev–Trinajstić information content (AvgIpc) is 2.42. The first-order valence-electron chi connectivity index (χ1n) is 6.23. The van der Waals surface area contributed by atoms with Crippen LogP contribution in [0.15, 0.2) is 40.9 Å². The molecule has 0 spiro atoms. The summed E-state index contributed by atoms with van der Waals surface area (Å²) < 4.78 is 12.2. The van der Waals surface area contributed by atoms with Gasteiger partial charge in [-0.15, -0.1) is 0 Å². The molecule has 0 saturated carbocycles. The highest BCUT2D eigenvalue weighted by molar-refractivity contribution is 9.10. The van der Waals surface area contributed by atoms with E-state index in [0.29, 0.717) is 5.88 Å². The largest absolute Gasteiger partial charge is 0.494 e. The van der Waals surface area contributed by atoms with Crippen molar-refractivity contribution >= 4 is 15.9 Å². The van der Waals surface area contributed by atoms with Gasteiger partial charge in [0.1, 0.15) is 11.5 Å². The van der Waals surface area contributed by atoms with Crippen molar-refractivity contribution in [3.63, 3.8) is 0 Å². The van der Waals surface area contributed by atoms with Crippen LogP contribution in [-0.4, -0.2) is 11.6 Å². The lowest BCUT2D eigenvalue weighted by molar-refractivity contribution is 0.317. The van der Waals surface area contributed by atoms with Crippen LogP contribution < -0.4 is 9.47 Å². The van der Waals surface area contributed by atoms with E-state index in [1.807, 2.05) is 43.3 Å². The highest BCUT2D eigenvalue weighted by Crippen LogP contribution is 2.24. The van der Waals surface area contributed by atoms with Gasteiger partial charge in [0.15, 0.2) is 0 Å². The molecule has 0 amide bonds. The number of ether oxygens (including phenoxy) is 2. The Balaban J connectivity index is 2.04. The SMILES string of the molecule is CCCOc1ccc(Oc2ccc(Br)c(C)n2)cc1. The van der Waals surface area contributed by atoms with E-state index in [1.54, 1.807) is 0 Å². The molecule has 19 heavy (non-hydrogen) atoms. The van der Waals surface area contributed by atoms with Crippen LogP contribution in [0.2, 0.25) is 0 Å². The van der Waals surface area contributed by atoms with Gasteiger partial charge < -0.3 is 9.47 Å². The molecule has 2 rings (SSSR count). The van der Waals surface area contributed by atoms with Crippen LogP contribution in [-0.2, 0) is 0 Å². The van der Waals surface area contributed by atoms with Crippen molar-refractivity contribution in [1.29, 1.82) is 0 Å². The molecule has 0 aliphatic rings. The molecule has 0 fully saturated rings. The van der Waals surface area contributed by atoms with E-state index < -0.39 is 0 Å². The average molecular weight is 322 g/mol. The first-order chi connectivity index (χ1) is 9.19. The normalized spacial score (nSPS) is 10.3. The first-order valence-corrected chi connectivity index (χ1v) is 7.02. The van der Waals surface area contributed by atoms with Crippen LogP contribution in [0.1, 0.15) is 19.0 Å². The maximum absolute atomic E-state index is 5.69. The first kappa shape index (κ1) is 13.9. The molecule has 1 heterocycles. The topological polar surface area (TPSA) is 31.4 Å². The highest BCUT2D eigenvalue weighted by Gasteiger charge is 2.02. The number of pyridine rings is 1. The minimum atomic E-state index is 0.586. The van der Waals surface area contributed by atoms with Crippen LogP contribution in [0.4, 0.5) is 0 Å². The second kappa shape index (κ2) is 6.57. The molecule has 100 valence electrons. The van der Waals surface area contributed by atoms with Crippen LogP contribution in [0.3, 0.4) is 0 Å². The molecule has 2 aromatic rings. The summed E-state index contributed by atoms with van der Waals surface area (Å²) >= 11 is 3.41. The Bertz CT molecular complexity index is 540. The van der Waals surface area contributed by atoms with Crippen molar-refractivity contribution in [1.82, 2.24) is 4.98 Å². The molecule has 0 unspecified atom stereocenters.